The Hall–Kier alpha value is -2.93. The largest absolute Gasteiger partial charge is 0.342 e. The van der Waals surface area contributed by atoms with Gasteiger partial charge in [-0.05, 0) is 57.6 Å². The number of piperazine rings is 1. The lowest BCUT2D eigenvalue weighted by atomic mass is 9.80. The number of benzene rings is 1. The molecule has 1 atom stereocenters. The molecular formula is C30H43N5O2. The molecule has 2 amide bonds. The van der Waals surface area contributed by atoms with Gasteiger partial charge in [0, 0.05) is 37.4 Å². The number of unbranched alkanes of at least 4 members (excludes halogenated alkanes) is 1. The number of aromatic nitrogens is 2. The normalized spacial score (nSPS) is 20.4. The summed E-state index contributed by atoms with van der Waals surface area (Å²) in [6, 6.07) is 9.81. The van der Waals surface area contributed by atoms with Crippen molar-refractivity contribution in [1.29, 1.82) is 0 Å². The van der Waals surface area contributed by atoms with E-state index in [4.69, 9.17) is 5.10 Å². The molecule has 1 aromatic carbocycles. The highest BCUT2D eigenvalue weighted by Gasteiger charge is 2.53. The summed E-state index contributed by atoms with van der Waals surface area (Å²) in [5.41, 5.74) is 3.64. The lowest BCUT2D eigenvalue weighted by Gasteiger charge is -2.51. The van der Waals surface area contributed by atoms with Crippen LogP contribution in [0.15, 0.2) is 36.4 Å². The molecule has 200 valence electrons. The average molecular weight is 506 g/mol. The van der Waals surface area contributed by atoms with Gasteiger partial charge in [0.15, 0.2) is 0 Å². The highest BCUT2D eigenvalue weighted by Crippen LogP contribution is 2.34. The van der Waals surface area contributed by atoms with E-state index in [0.717, 1.165) is 55.1 Å². The van der Waals surface area contributed by atoms with Crippen molar-refractivity contribution in [3.8, 4) is 5.69 Å². The minimum absolute atomic E-state index is 0.0450. The summed E-state index contributed by atoms with van der Waals surface area (Å²) < 4.78 is 2.00. The van der Waals surface area contributed by atoms with E-state index >= 15 is 0 Å². The Labute approximate surface area is 221 Å². The van der Waals surface area contributed by atoms with Crippen LogP contribution in [0.4, 0.5) is 0 Å². The molecule has 0 radical (unpaired) electrons. The first kappa shape index (κ1) is 27.1. The van der Waals surface area contributed by atoms with Crippen molar-refractivity contribution in [1.82, 2.24) is 24.9 Å². The number of hydrogen-bond acceptors (Lipinski definition) is 4. The third-order valence-electron chi connectivity index (χ3n) is 7.93. The Morgan fingerprint density at radius 2 is 1.84 bits per heavy atom. The van der Waals surface area contributed by atoms with Crippen LogP contribution >= 0.6 is 0 Å². The minimum atomic E-state index is -0.704. The second-order valence-corrected chi connectivity index (χ2v) is 11.1. The van der Waals surface area contributed by atoms with Crippen LogP contribution in [0.3, 0.4) is 0 Å². The zero-order valence-corrected chi connectivity index (χ0v) is 23.2. The molecule has 1 N–H and O–H groups in total. The SMILES string of the molecule is CCCCN1C(=O)C(CC(C)C)NC(=O)C12CCN(C/C=C/c1c(C)nn(-c3ccccc3)c1C)CC2. The summed E-state index contributed by atoms with van der Waals surface area (Å²) in [4.78, 5) is 31.2. The molecule has 2 saturated heterocycles. The third kappa shape index (κ3) is 5.66. The summed E-state index contributed by atoms with van der Waals surface area (Å²) in [6.07, 6.45) is 8.36. The standard InChI is InChI=1S/C30H43N5O2/c1-6-7-18-34-28(36)27(21-22(2)3)31-29(37)30(34)15-19-33(20-16-30)17-11-14-26-23(4)32-35(24(26)5)25-12-9-8-10-13-25/h8-14,22,27H,6-7,15-21H2,1-5H3,(H,31,37)/b14-11+. The van der Waals surface area contributed by atoms with E-state index in [0.29, 0.717) is 31.7 Å². The van der Waals surface area contributed by atoms with Crippen LogP contribution in [0.1, 0.15) is 69.8 Å². The number of aryl methyl sites for hydroxylation is 1. The number of carbonyl (C=O) groups is 2. The summed E-state index contributed by atoms with van der Waals surface area (Å²) in [5.74, 6) is 0.511. The Morgan fingerprint density at radius 1 is 1.14 bits per heavy atom. The highest BCUT2D eigenvalue weighted by atomic mass is 16.2. The van der Waals surface area contributed by atoms with Gasteiger partial charge in [0.05, 0.1) is 11.4 Å². The first-order valence-corrected chi connectivity index (χ1v) is 13.9. The van der Waals surface area contributed by atoms with Gasteiger partial charge in [-0.3, -0.25) is 14.5 Å². The van der Waals surface area contributed by atoms with Gasteiger partial charge in [0.25, 0.3) is 0 Å². The smallest absolute Gasteiger partial charge is 0.246 e. The summed E-state index contributed by atoms with van der Waals surface area (Å²) in [6.45, 7) is 13.6. The molecule has 1 aromatic heterocycles. The second kappa shape index (κ2) is 11.6. The number of nitrogens with one attached hydrogen (secondary N) is 1. The van der Waals surface area contributed by atoms with Gasteiger partial charge in [-0.1, -0.05) is 57.5 Å². The Balaban J connectivity index is 1.42. The number of rotatable bonds is 9. The molecule has 7 heteroatoms. The molecule has 7 nitrogen and oxygen atoms in total. The molecule has 1 spiro atoms. The van der Waals surface area contributed by atoms with Crippen LogP contribution in [-0.4, -0.2) is 69.2 Å². The van der Waals surface area contributed by atoms with Crippen LogP contribution in [0.25, 0.3) is 11.8 Å². The van der Waals surface area contributed by atoms with Crippen LogP contribution < -0.4 is 5.32 Å². The van der Waals surface area contributed by atoms with E-state index in [-0.39, 0.29) is 17.9 Å². The van der Waals surface area contributed by atoms with Gasteiger partial charge in [-0.2, -0.15) is 5.10 Å². The number of amides is 2. The molecule has 2 aliphatic heterocycles. The molecule has 2 aromatic rings. The van der Waals surface area contributed by atoms with E-state index < -0.39 is 5.54 Å². The fourth-order valence-electron chi connectivity index (χ4n) is 5.79. The lowest BCUT2D eigenvalue weighted by molar-refractivity contribution is -0.161. The van der Waals surface area contributed by atoms with Crippen LogP contribution in [0.5, 0.6) is 0 Å². The lowest BCUT2D eigenvalue weighted by Crippen LogP contribution is -2.73. The first-order valence-electron chi connectivity index (χ1n) is 13.9. The number of carbonyl (C=O) groups excluding carboxylic acids is 2. The maximum absolute atomic E-state index is 13.4. The predicted octanol–water partition coefficient (Wildman–Crippen LogP) is 4.51. The fraction of sp³-hybridized carbons (Fsp3) is 0.567. The number of piperidine rings is 1. The summed E-state index contributed by atoms with van der Waals surface area (Å²) >= 11 is 0. The monoisotopic (exact) mass is 505 g/mol. The summed E-state index contributed by atoms with van der Waals surface area (Å²) in [5, 5.41) is 7.85. The van der Waals surface area contributed by atoms with Crippen LogP contribution in [-0.2, 0) is 9.59 Å². The third-order valence-corrected chi connectivity index (χ3v) is 7.93. The number of nitrogens with zero attached hydrogens (tertiary/aromatic N) is 4. The first-order chi connectivity index (χ1) is 17.8. The van der Waals surface area contributed by atoms with E-state index in [9.17, 15) is 9.59 Å². The van der Waals surface area contributed by atoms with Crippen molar-refractivity contribution in [2.75, 3.05) is 26.2 Å². The maximum atomic E-state index is 13.4. The molecule has 0 aliphatic carbocycles. The van der Waals surface area contributed by atoms with Gasteiger partial charge in [0.1, 0.15) is 11.6 Å². The van der Waals surface area contributed by atoms with Crippen molar-refractivity contribution >= 4 is 17.9 Å². The molecule has 2 aliphatic rings. The van der Waals surface area contributed by atoms with E-state index in [2.05, 4.69) is 62.2 Å². The quantitative estimate of drug-likeness (QED) is 0.544. The Bertz CT molecular complexity index is 1110. The molecule has 2 fully saturated rings. The van der Waals surface area contributed by atoms with Crippen molar-refractivity contribution in [3.05, 3.63) is 53.4 Å². The second-order valence-electron chi connectivity index (χ2n) is 11.1. The van der Waals surface area contributed by atoms with E-state index in [1.165, 1.54) is 0 Å². The highest BCUT2D eigenvalue weighted by molar-refractivity contribution is 6.00. The van der Waals surface area contributed by atoms with Crippen LogP contribution in [0, 0.1) is 19.8 Å². The minimum Gasteiger partial charge on any atom is -0.342 e. The molecule has 0 bridgehead atoms. The Morgan fingerprint density at radius 3 is 2.49 bits per heavy atom. The van der Waals surface area contributed by atoms with Crippen molar-refractivity contribution in [3.63, 3.8) is 0 Å². The molecular weight excluding hydrogens is 462 g/mol. The Kier molecular flexibility index (Phi) is 8.53. The van der Waals surface area contributed by atoms with Crippen molar-refractivity contribution in [2.45, 2.75) is 78.3 Å². The zero-order chi connectivity index (χ0) is 26.6. The van der Waals surface area contributed by atoms with E-state index in [1.807, 2.05) is 34.7 Å². The van der Waals surface area contributed by atoms with Gasteiger partial charge in [-0.15, -0.1) is 0 Å². The maximum Gasteiger partial charge on any atom is 0.246 e. The van der Waals surface area contributed by atoms with Gasteiger partial charge < -0.3 is 10.2 Å². The molecule has 0 saturated carbocycles. The zero-order valence-electron chi connectivity index (χ0n) is 23.2. The number of hydrogen-bond donors (Lipinski definition) is 1. The summed E-state index contributed by atoms with van der Waals surface area (Å²) in [7, 11) is 0. The van der Waals surface area contributed by atoms with Crippen molar-refractivity contribution in [2.24, 2.45) is 5.92 Å². The molecule has 1 unspecified atom stereocenters. The fourth-order valence-corrected chi connectivity index (χ4v) is 5.79. The predicted molar refractivity (Wildman–Crippen MR) is 148 cm³/mol. The molecule has 3 heterocycles. The molecule has 37 heavy (non-hydrogen) atoms. The van der Waals surface area contributed by atoms with Crippen LogP contribution in [0.2, 0.25) is 0 Å². The van der Waals surface area contributed by atoms with Gasteiger partial charge in [-0.25, -0.2) is 4.68 Å². The van der Waals surface area contributed by atoms with Gasteiger partial charge in [0.2, 0.25) is 11.8 Å². The van der Waals surface area contributed by atoms with Gasteiger partial charge >= 0.3 is 0 Å². The van der Waals surface area contributed by atoms with Crippen molar-refractivity contribution < 1.29 is 9.59 Å². The number of likely N-dealkylation sites (tertiary alicyclic amines) is 1. The number of para-hydroxylation sites is 1. The molecule has 4 rings (SSSR count). The average Bonchev–Trinajstić information content (AvgIpc) is 3.17. The topological polar surface area (TPSA) is 70.5 Å². The van der Waals surface area contributed by atoms with E-state index in [1.54, 1.807) is 0 Å².